The Morgan fingerprint density at radius 1 is 0.895 bits per heavy atom. The Balaban J connectivity index is 2.01. The van der Waals surface area contributed by atoms with E-state index in [4.69, 9.17) is 0 Å². The third-order valence-corrected chi connectivity index (χ3v) is 3.21. The third kappa shape index (κ3) is 4.49. The van der Waals surface area contributed by atoms with Crippen LogP contribution in [0.4, 0.5) is 4.39 Å². The molecule has 1 atom stereocenters. The van der Waals surface area contributed by atoms with Gasteiger partial charge < -0.3 is 5.32 Å². The Kier molecular flexibility index (Phi) is 5.10. The van der Waals surface area contributed by atoms with E-state index in [0.29, 0.717) is 6.04 Å². The van der Waals surface area contributed by atoms with Crippen molar-refractivity contribution in [2.45, 2.75) is 25.8 Å². The highest BCUT2D eigenvalue weighted by Gasteiger charge is 2.09. The van der Waals surface area contributed by atoms with Crippen LogP contribution in [0.3, 0.4) is 0 Å². The molecule has 19 heavy (non-hydrogen) atoms. The second kappa shape index (κ2) is 7.05. The van der Waals surface area contributed by atoms with Crippen molar-refractivity contribution in [3.05, 3.63) is 71.5 Å². The SMILES string of the molecule is CCNC(Cc1ccccc1)Cc1ccc(F)cc1. The van der Waals surface area contributed by atoms with Gasteiger partial charge in [0, 0.05) is 6.04 Å². The van der Waals surface area contributed by atoms with Gasteiger partial charge in [-0.2, -0.15) is 0 Å². The molecule has 0 aliphatic carbocycles. The van der Waals surface area contributed by atoms with Crippen LogP contribution in [0.25, 0.3) is 0 Å². The van der Waals surface area contributed by atoms with Gasteiger partial charge >= 0.3 is 0 Å². The van der Waals surface area contributed by atoms with Gasteiger partial charge in [0.05, 0.1) is 0 Å². The lowest BCUT2D eigenvalue weighted by Crippen LogP contribution is -2.33. The van der Waals surface area contributed by atoms with Gasteiger partial charge in [-0.1, -0.05) is 49.4 Å². The van der Waals surface area contributed by atoms with Crippen LogP contribution in [0.2, 0.25) is 0 Å². The van der Waals surface area contributed by atoms with Gasteiger partial charge in [-0.15, -0.1) is 0 Å². The van der Waals surface area contributed by atoms with Crippen LogP contribution >= 0.6 is 0 Å². The van der Waals surface area contributed by atoms with Crippen LogP contribution in [0, 0.1) is 5.82 Å². The lowest BCUT2D eigenvalue weighted by atomic mass is 9.99. The van der Waals surface area contributed by atoms with E-state index in [9.17, 15) is 4.39 Å². The molecule has 1 unspecified atom stereocenters. The number of benzene rings is 2. The molecule has 0 aliphatic heterocycles. The molecule has 0 saturated heterocycles. The fourth-order valence-corrected chi connectivity index (χ4v) is 2.31. The lowest BCUT2D eigenvalue weighted by Gasteiger charge is -2.18. The highest BCUT2D eigenvalue weighted by Crippen LogP contribution is 2.10. The molecule has 1 N–H and O–H groups in total. The summed E-state index contributed by atoms with van der Waals surface area (Å²) >= 11 is 0. The summed E-state index contributed by atoms with van der Waals surface area (Å²) < 4.78 is 12.9. The predicted molar refractivity (Wildman–Crippen MR) is 77.7 cm³/mol. The van der Waals surface area contributed by atoms with Gasteiger partial charge in [0.1, 0.15) is 5.82 Å². The number of likely N-dealkylation sites (N-methyl/N-ethyl adjacent to an activating group) is 1. The molecular formula is C17H20FN. The standard InChI is InChI=1S/C17H20FN/c1-2-19-17(12-14-6-4-3-5-7-14)13-15-8-10-16(18)11-9-15/h3-11,17,19H,2,12-13H2,1H3. The maximum absolute atomic E-state index is 12.9. The molecule has 2 aromatic rings. The van der Waals surface area contributed by atoms with E-state index < -0.39 is 0 Å². The van der Waals surface area contributed by atoms with E-state index in [1.807, 2.05) is 18.2 Å². The van der Waals surface area contributed by atoms with Crippen molar-refractivity contribution in [1.29, 1.82) is 0 Å². The van der Waals surface area contributed by atoms with Gasteiger partial charge in [0.15, 0.2) is 0 Å². The number of nitrogens with one attached hydrogen (secondary N) is 1. The van der Waals surface area contributed by atoms with E-state index in [-0.39, 0.29) is 5.82 Å². The van der Waals surface area contributed by atoms with Crippen molar-refractivity contribution < 1.29 is 4.39 Å². The van der Waals surface area contributed by atoms with E-state index >= 15 is 0 Å². The molecule has 0 aromatic heterocycles. The van der Waals surface area contributed by atoms with E-state index in [0.717, 1.165) is 19.4 Å². The third-order valence-electron chi connectivity index (χ3n) is 3.21. The summed E-state index contributed by atoms with van der Waals surface area (Å²) in [5.74, 6) is -0.174. The van der Waals surface area contributed by atoms with E-state index in [2.05, 4.69) is 36.5 Å². The predicted octanol–water partition coefficient (Wildman–Crippen LogP) is 3.59. The summed E-state index contributed by atoms with van der Waals surface area (Å²) in [7, 11) is 0. The summed E-state index contributed by atoms with van der Waals surface area (Å²) in [4.78, 5) is 0. The molecule has 0 aliphatic rings. The van der Waals surface area contributed by atoms with Crippen molar-refractivity contribution in [2.24, 2.45) is 0 Å². The smallest absolute Gasteiger partial charge is 0.123 e. The second-order valence-electron chi connectivity index (χ2n) is 4.77. The molecule has 2 rings (SSSR count). The van der Waals surface area contributed by atoms with Gasteiger partial charge in [-0.05, 0) is 42.6 Å². The first-order valence-corrected chi connectivity index (χ1v) is 6.79. The van der Waals surface area contributed by atoms with Crippen LogP contribution in [-0.2, 0) is 12.8 Å². The zero-order chi connectivity index (χ0) is 13.5. The van der Waals surface area contributed by atoms with Crippen molar-refractivity contribution in [3.63, 3.8) is 0 Å². The highest BCUT2D eigenvalue weighted by atomic mass is 19.1. The molecule has 100 valence electrons. The number of rotatable bonds is 6. The van der Waals surface area contributed by atoms with Crippen LogP contribution < -0.4 is 5.32 Å². The fourth-order valence-electron chi connectivity index (χ4n) is 2.31. The fraction of sp³-hybridized carbons (Fsp3) is 0.294. The Bertz CT molecular complexity index is 478. The van der Waals surface area contributed by atoms with Crippen molar-refractivity contribution in [3.8, 4) is 0 Å². The Morgan fingerprint density at radius 3 is 2.05 bits per heavy atom. The molecule has 2 aromatic carbocycles. The second-order valence-corrected chi connectivity index (χ2v) is 4.77. The quantitative estimate of drug-likeness (QED) is 0.834. The summed E-state index contributed by atoms with van der Waals surface area (Å²) in [5.41, 5.74) is 2.50. The molecule has 0 amide bonds. The van der Waals surface area contributed by atoms with E-state index in [1.165, 1.54) is 23.3 Å². The van der Waals surface area contributed by atoms with Crippen molar-refractivity contribution in [1.82, 2.24) is 5.32 Å². The minimum atomic E-state index is -0.174. The molecule has 0 heterocycles. The van der Waals surface area contributed by atoms with Crippen molar-refractivity contribution in [2.75, 3.05) is 6.54 Å². The molecule has 0 saturated carbocycles. The van der Waals surface area contributed by atoms with Crippen molar-refractivity contribution >= 4 is 0 Å². The number of hydrogen-bond donors (Lipinski definition) is 1. The van der Waals surface area contributed by atoms with Gasteiger partial charge in [0.2, 0.25) is 0 Å². The maximum Gasteiger partial charge on any atom is 0.123 e. The lowest BCUT2D eigenvalue weighted by molar-refractivity contribution is 0.521. The monoisotopic (exact) mass is 257 g/mol. The zero-order valence-corrected chi connectivity index (χ0v) is 11.3. The first-order chi connectivity index (χ1) is 9.28. The van der Waals surface area contributed by atoms with Crippen LogP contribution in [-0.4, -0.2) is 12.6 Å². The van der Waals surface area contributed by atoms with Crippen LogP contribution in [0.5, 0.6) is 0 Å². The first kappa shape index (κ1) is 13.8. The summed E-state index contributed by atoms with van der Waals surface area (Å²) in [5, 5.41) is 3.50. The topological polar surface area (TPSA) is 12.0 Å². The Hall–Kier alpha value is -1.67. The molecule has 0 bridgehead atoms. The highest BCUT2D eigenvalue weighted by molar-refractivity contribution is 5.20. The summed E-state index contributed by atoms with van der Waals surface area (Å²) in [6, 6.07) is 17.6. The Labute approximate surface area is 114 Å². The zero-order valence-electron chi connectivity index (χ0n) is 11.3. The molecule has 0 radical (unpaired) electrons. The molecule has 2 heteroatoms. The normalized spacial score (nSPS) is 12.3. The molecule has 0 spiro atoms. The average molecular weight is 257 g/mol. The van der Waals surface area contributed by atoms with Gasteiger partial charge in [-0.3, -0.25) is 0 Å². The van der Waals surface area contributed by atoms with Crippen LogP contribution in [0.15, 0.2) is 54.6 Å². The first-order valence-electron chi connectivity index (χ1n) is 6.79. The van der Waals surface area contributed by atoms with E-state index in [1.54, 1.807) is 0 Å². The minimum Gasteiger partial charge on any atom is -0.314 e. The largest absolute Gasteiger partial charge is 0.314 e. The molecule has 0 fully saturated rings. The molecular weight excluding hydrogens is 237 g/mol. The van der Waals surface area contributed by atoms with Gasteiger partial charge in [0.25, 0.3) is 0 Å². The molecule has 1 nitrogen and oxygen atoms in total. The summed E-state index contributed by atoms with van der Waals surface area (Å²) in [6.07, 6.45) is 1.91. The van der Waals surface area contributed by atoms with Gasteiger partial charge in [-0.25, -0.2) is 4.39 Å². The minimum absolute atomic E-state index is 0.174. The Morgan fingerprint density at radius 2 is 1.47 bits per heavy atom. The van der Waals surface area contributed by atoms with Crippen LogP contribution in [0.1, 0.15) is 18.1 Å². The summed E-state index contributed by atoms with van der Waals surface area (Å²) in [6.45, 7) is 3.06. The maximum atomic E-state index is 12.9. The number of halogens is 1. The number of hydrogen-bond acceptors (Lipinski definition) is 1. The average Bonchev–Trinajstić information content (AvgIpc) is 2.43.